The van der Waals surface area contributed by atoms with Crippen LogP contribution in [0.5, 0.6) is 0 Å². The van der Waals surface area contributed by atoms with Crippen LogP contribution < -0.4 is 5.32 Å². The number of amides is 2. The zero-order valence-electron chi connectivity index (χ0n) is 18.4. The van der Waals surface area contributed by atoms with Gasteiger partial charge in [0.15, 0.2) is 0 Å². The standard InChI is InChI=1S/C23H32N4O3/c1-5-7-21-16(3)25-27(17(21)4)20-10-8-18(9-11-20)22(28)24-19-12-14-26(15-13-19)23(29)30-6-2/h8-11,19H,5-7,12-15H2,1-4H3,(H,24,28). The Hall–Kier alpha value is -2.83. The number of hydrogen-bond acceptors (Lipinski definition) is 4. The first-order valence-electron chi connectivity index (χ1n) is 10.8. The van der Waals surface area contributed by atoms with Crippen molar-refractivity contribution in [2.75, 3.05) is 19.7 Å². The van der Waals surface area contributed by atoms with E-state index in [1.54, 1.807) is 11.8 Å². The molecule has 1 aromatic heterocycles. The van der Waals surface area contributed by atoms with E-state index in [1.807, 2.05) is 35.9 Å². The van der Waals surface area contributed by atoms with Gasteiger partial charge >= 0.3 is 6.09 Å². The lowest BCUT2D eigenvalue weighted by Crippen LogP contribution is -2.46. The average molecular weight is 413 g/mol. The first kappa shape index (κ1) is 21.9. The lowest BCUT2D eigenvalue weighted by molar-refractivity contribution is 0.0860. The normalized spacial score (nSPS) is 14.6. The van der Waals surface area contributed by atoms with Gasteiger partial charge in [-0.2, -0.15) is 5.10 Å². The highest BCUT2D eigenvalue weighted by molar-refractivity contribution is 5.94. The molecule has 1 fully saturated rings. The average Bonchev–Trinajstić information content (AvgIpc) is 3.03. The molecule has 0 atom stereocenters. The van der Waals surface area contributed by atoms with Crippen molar-refractivity contribution < 1.29 is 14.3 Å². The molecule has 7 nitrogen and oxygen atoms in total. The monoisotopic (exact) mass is 412 g/mol. The number of piperidine rings is 1. The number of rotatable bonds is 6. The fraction of sp³-hybridized carbons (Fsp3) is 0.522. The van der Waals surface area contributed by atoms with E-state index >= 15 is 0 Å². The van der Waals surface area contributed by atoms with Crippen LogP contribution in [-0.2, 0) is 11.2 Å². The molecule has 3 rings (SSSR count). The third kappa shape index (κ3) is 4.83. The highest BCUT2D eigenvalue weighted by Gasteiger charge is 2.24. The number of nitrogens with zero attached hydrogens (tertiary/aromatic N) is 3. The highest BCUT2D eigenvalue weighted by atomic mass is 16.6. The number of likely N-dealkylation sites (tertiary alicyclic amines) is 1. The molecular weight excluding hydrogens is 380 g/mol. The summed E-state index contributed by atoms with van der Waals surface area (Å²) >= 11 is 0. The van der Waals surface area contributed by atoms with E-state index in [1.165, 1.54) is 5.56 Å². The SMILES string of the molecule is CCCc1c(C)nn(-c2ccc(C(=O)NC3CCN(C(=O)OCC)CC3)cc2)c1C. The number of ether oxygens (including phenoxy) is 1. The Bertz CT molecular complexity index is 881. The van der Waals surface area contributed by atoms with Gasteiger partial charge < -0.3 is 15.0 Å². The maximum Gasteiger partial charge on any atom is 0.409 e. The summed E-state index contributed by atoms with van der Waals surface area (Å²) in [7, 11) is 0. The third-order valence-electron chi connectivity index (χ3n) is 5.67. The van der Waals surface area contributed by atoms with Crippen molar-refractivity contribution in [2.24, 2.45) is 0 Å². The largest absolute Gasteiger partial charge is 0.450 e. The number of aromatic nitrogens is 2. The maximum absolute atomic E-state index is 12.7. The molecule has 0 unspecified atom stereocenters. The molecule has 1 aliphatic rings. The van der Waals surface area contributed by atoms with E-state index in [-0.39, 0.29) is 18.0 Å². The molecule has 2 heterocycles. The van der Waals surface area contributed by atoms with Crippen LogP contribution in [0.1, 0.15) is 60.4 Å². The molecule has 2 amide bonds. The Kier molecular flexibility index (Phi) is 7.13. The number of nitrogens with one attached hydrogen (secondary N) is 1. The minimum atomic E-state index is -0.274. The van der Waals surface area contributed by atoms with Gasteiger partial charge in [-0.25, -0.2) is 9.48 Å². The molecule has 162 valence electrons. The Labute approximate surface area is 178 Å². The molecule has 0 bridgehead atoms. The zero-order chi connectivity index (χ0) is 21.7. The molecule has 30 heavy (non-hydrogen) atoms. The van der Waals surface area contributed by atoms with Gasteiger partial charge in [0.05, 0.1) is 18.0 Å². The second-order valence-corrected chi connectivity index (χ2v) is 7.79. The van der Waals surface area contributed by atoms with Crippen LogP contribution >= 0.6 is 0 Å². The van der Waals surface area contributed by atoms with Crippen molar-refractivity contribution >= 4 is 12.0 Å². The Morgan fingerprint density at radius 3 is 2.40 bits per heavy atom. The lowest BCUT2D eigenvalue weighted by atomic mass is 10.0. The number of carbonyl (C=O) groups excluding carboxylic acids is 2. The number of carbonyl (C=O) groups is 2. The van der Waals surface area contributed by atoms with Gasteiger partial charge in [0.1, 0.15) is 0 Å². The molecule has 7 heteroatoms. The predicted octanol–water partition coefficient (Wildman–Crippen LogP) is 3.79. The predicted molar refractivity (Wildman–Crippen MR) is 116 cm³/mol. The molecule has 2 aromatic rings. The van der Waals surface area contributed by atoms with Gasteiger partial charge in [-0.3, -0.25) is 4.79 Å². The van der Waals surface area contributed by atoms with Gasteiger partial charge in [0.2, 0.25) is 0 Å². The van der Waals surface area contributed by atoms with Crippen LogP contribution in [0, 0.1) is 13.8 Å². The van der Waals surface area contributed by atoms with Gasteiger partial charge in [-0.05, 0) is 69.9 Å². The van der Waals surface area contributed by atoms with Crippen molar-refractivity contribution in [2.45, 2.75) is 59.4 Å². The summed E-state index contributed by atoms with van der Waals surface area (Å²) in [4.78, 5) is 26.1. The van der Waals surface area contributed by atoms with Crippen LogP contribution in [-0.4, -0.2) is 52.4 Å². The van der Waals surface area contributed by atoms with Crippen molar-refractivity contribution in [3.8, 4) is 5.69 Å². The smallest absolute Gasteiger partial charge is 0.409 e. The van der Waals surface area contributed by atoms with Gasteiger partial charge in [-0.15, -0.1) is 0 Å². The minimum Gasteiger partial charge on any atom is -0.450 e. The third-order valence-corrected chi connectivity index (χ3v) is 5.67. The van der Waals surface area contributed by atoms with Gasteiger partial charge in [0.25, 0.3) is 5.91 Å². The second-order valence-electron chi connectivity index (χ2n) is 7.79. The molecule has 0 spiro atoms. The topological polar surface area (TPSA) is 76.5 Å². The molecule has 1 aromatic carbocycles. The molecule has 0 aliphatic carbocycles. The Balaban J connectivity index is 1.60. The second kappa shape index (κ2) is 9.78. The molecule has 1 saturated heterocycles. The first-order valence-corrected chi connectivity index (χ1v) is 10.8. The van der Waals surface area contributed by atoms with E-state index in [0.717, 1.165) is 42.8 Å². The summed E-state index contributed by atoms with van der Waals surface area (Å²) in [5.41, 5.74) is 5.10. The summed E-state index contributed by atoms with van der Waals surface area (Å²) in [6, 6.07) is 7.62. The van der Waals surface area contributed by atoms with Crippen LogP contribution in [0.25, 0.3) is 5.69 Å². The first-order chi connectivity index (χ1) is 14.4. The number of aryl methyl sites for hydroxylation is 1. The fourth-order valence-electron chi connectivity index (χ4n) is 3.98. The molecule has 1 N–H and O–H groups in total. The summed E-state index contributed by atoms with van der Waals surface area (Å²) in [5.74, 6) is -0.0869. The van der Waals surface area contributed by atoms with Crippen LogP contribution in [0.2, 0.25) is 0 Å². The number of hydrogen-bond donors (Lipinski definition) is 1. The quantitative estimate of drug-likeness (QED) is 0.783. The molecule has 1 aliphatic heterocycles. The summed E-state index contributed by atoms with van der Waals surface area (Å²) < 4.78 is 6.99. The van der Waals surface area contributed by atoms with Gasteiger partial charge in [-0.1, -0.05) is 13.3 Å². The van der Waals surface area contributed by atoms with E-state index in [2.05, 4.69) is 24.3 Å². The van der Waals surface area contributed by atoms with Crippen molar-refractivity contribution in [1.82, 2.24) is 20.0 Å². The minimum absolute atomic E-state index is 0.0652. The van der Waals surface area contributed by atoms with Crippen LogP contribution in [0.3, 0.4) is 0 Å². The van der Waals surface area contributed by atoms with Crippen molar-refractivity contribution in [3.05, 3.63) is 46.8 Å². The zero-order valence-corrected chi connectivity index (χ0v) is 18.4. The number of benzene rings is 1. The van der Waals surface area contributed by atoms with E-state index in [0.29, 0.717) is 25.3 Å². The molecule has 0 saturated carbocycles. The van der Waals surface area contributed by atoms with Gasteiger partial charge in [0, 0.05) is 30.4 Å². The van der Waals surface area contributed by atoms with Crippen molar-refractivity contribution in [3.63, 3.8) is 0 Å². The Morgan fingerprint density at radius 2 is 1.80 bits per heavy atom. The van der Waals surface area contributed by atoms with E-state index in [9.17, 15) is 9.59 Å². The lowest BCUT2D eigenvalue weighted by Gasteiger charge is -2.31. The van der Waals surface area contributed by atoms with Crippen LogP contribution in [0.15, 0.2) is 24.3 Å². The van der Waals surface area contributed by atoms with E-state index < -0.39 is 0 Å². The summed E-state index contributed by atoms with van der Waals surface area (Å²) in [6.07, 6.45) is 3.30. The fourth-order valence-corrected chi connectivity index (χ4v) is 3.98. The Morgan fingerprint density at radius 1 is 1.13 bits per heavy atom. The summed E-state index contributed by atoms with van der Waals surface area (Å²) in [5, 5.41) is 7.76. The molecule has 0 radical (unpaired) electrons. The summed E-state index contributed by atoms with van der Waals surface area (Å²) in [6.45, 7) is 9.68. The highest BCUT2D eigenvalue weighted by Crippen LogP contribution is 2.20. The molecular formula is C23H32N4O3. The van der Waals surface area contributed by atoms with Crippen LogP contribution in [0.4, 0.5) is 4.79 Å². The van der Waals surface area contributed by atoms with E-state index in [4.69, 9.17) is 4.74 Å². The van der Waals surface area contributed by atoms with Crippen molar-refractivity contribution in [1.29, 1.82) is 0 Å². The maximum atomic E-state index is 12.7.